The minimum Gasteiger partial charge on any atom is -0.381 e. The Morgan fingerprint density at radius 3 is 2.75 bits per heavy atom. The molecule has 2 aromatic carbocycles. The molecule has 2 aliphatic rings. The first-order valence-corrected chi connectivity index (χ1v) is 14.6. The van der Waals surface area contributed by atoms with Gasteiger partial charge in [-0.2, -0.15) is 5.26 Å². The van der Waals surface area contributed by atoms with Crippen molar-refractivity contribution in [1.29, 1.82) is 5.26 Å². The number of hydrogen-bond acceptors (Lipinski definition) is 6. The van der Waals surface area contributed by atoms with Crippen LogP contribution in [0.2, 0.25) is 0 Å². The average Bonchev–Trinajstić information content (AvgIpc) is 3.27. The van der Waals surface area contributed by atoms with Crippen molar-refractivity contribution in [2.45, 2.75) is 19.8 Å². The first-order chi connectivity index (χ1) is 19.4. The van der Waals surface area contributed by atoms with Crippen LogP contribution in [0.15, 0.2) is 59.1 Å². The van der Waals surface area contributed by atoms with Gasteiger partial charge in [0.25, 0.3) is 5.91 Å². The van der Waals surface area contributed by atoms with Crippen molar-refractivity contribution < 1.29 is 14.4 Å². The van der Waals surface area contributed by atoms with Crippen LogP contribution >= 0.6 is 10.5 Å². The molecule has 0 radical (unpaired) electrons. The second kappa shape index (κ2) is 13.5. The summed E-state index contributed by atoms with van der Waals surface area (Å²) in [6.07, 6.45) is 7.27. The van der Waals surface area contributed by atoms with Crippen molar-refractivity contribution in [2.24, 2.45) is 0 Å². The van der Waals surface area contributed by atoms with Gasteiger partial charge in [0.2, 0.25) is 11.8 Å². The minimum absolute atomic E-state index is 0.00534. The van der Waals surface area contributed by atoms with Crippen LogP contribution in [-0.4, -0.2) is 66.5 Å². The molecule has 10 heteroatoms. The topological polar surface area (TPSA) is 118 Å². The van der Waals surface area contributed by atoms with Crippen LogP contribution in [0.3, 0.4) is 0 Å². The number of anilines is 3. The Balaban J connectivity index is 1.42. The molecule has 1 saturated heterocycles. The third-order valence-electron chi connectivity index (χ3n) is 6.57. The molecule has 9 nitrogen and oxygen atoms in total. The molecular formula is C30H32N6O3S. The summed E-state index contributed by atoms with van der Waals surface area (Å²) in [5.74, 6) is 1.72. The summed E-state index contributed by atoms with van der Waals surface area (Å²) in [6.45, 7) is 3.67. The molecule has 0 saturated carbocycles. The van der Waals surface area contributed by atoms with Gasteiger partial charge >= 0.3 is 0 Å². The van der Waals surface area contributed by atoms with Crippen molar-refractivity contribution in [2.75, 3.05) is 54.0 Å². The highest BCUT2D eigenvalue weighted by Gasteiger charge is 2.33. The van der Waals surface area contributed by atoms with Gasteiger partial charge in [0.15, 0.2) is 0 Å². The predicted octanol–water partition coefficient (Wildman–Crippen LogP) is 2.91. The molecule has 2 aromatic rings. The number of nitrogens with one attached hydrogen (secondary N) is 3. The number of rotatable bonds is 9. The standard InChI is InChI=1S/C30H32N6O3S/c1-3-14-33-29(39)25(19-31)30-36(4-2)28(38)21-40(30)17-15-32-23-11-7-12-24(18-23)34-27(37)20-35-16-8-10-22-9-5-6-13-26(22)35/h1,5-7,9,11-13,17-18,32H,4,8,10,14-16,20-21H2,2H3,(H,33,39)(H,34,37)/b30-25-. The van der Waals surface area contributed by atoms with Crippen LogP contribution in [-0.2, 0) is 20.8 Å². The first kappa shape index (κ1) is 28.5. The second-order valence-corrected chi connectivity index (χ2v) is 11.1. The van der Waals surface area contributed by atoms with E-state index in [0.717, 1.165) is 30.8 Å². The molecule has 2 aliphatic heterocycles. The zero-order valence-corrected chi connectivity index (χ0v) is 23.2. The number of aryl methyl sites for hydroxylation is 1. The molecule has 206 valence electrons. The minimum atomic E-state index is -0.734. The molecule has 1 unspecified atom stereocenters. The number of benzene rings is 2. The molecule has 4 rings (SSSR count). The van der Waals surface area contributed by atoms with E-state index in [1.54, 1.807) is 6.92 Å². The SMILES string of the molecule is C#CCNC(=O)/C(C#N)=C1/N(CC)C(=O)C/S1=C\CNc1cccc(NC(=O)CN2CCCc3ccccc32)c1. The van der Waals surface area contributed by atoms with E-state index in [1.165, 1.54) is 10.5 Å². The lowest BCUT2D eigenvalue weighted by Crippen LogP contribution is -2.36. The fourth-order valence-corrected chi connectivity index (χ4v) is 6.82. The molecule has 0 spiro atoms. The monoisotopic (exact) mass is 556 g/mol. The summed E-state index contributed by atoms with van der Waals surface area (Å²) in [7, 11) is -0.734. The molecule has 40 heavy (non-hydrogen) atoms. The third-order valence-corrected chi connectivity index (χ3v) is 8.62. The van der Waals surface area contributed by atoms with Crippen molar-refractivity contribution >= 4 is 50.6 Å². The normalized spacial score (nSPS) is 17.5. The number of amides is 3. The van der Waals surface area contributed by atoms with E-state index in [1.807, 2.05) is 47.8 Å². The van der Waals surface area contributed by atoms with Crippen LogP contribution in [0, 0.1) is 23.7 Å². The van der Waals surface area contributed by atoms with Gasteiger partial charge in [-0.25, -0.2) is 0 Å². The van der Waals surface area contributed by atoms with Gasteiger partial charge in [0.1, 0.15) is 11.6 Å². The Labute approximate surface area is 237 Å². The molecular weight excluding hydrogens is 524 g/mol. The fourth-order valence-electron chi connectivity index (χ4n) is 4.79. The summed E-state index contributed by atoms with van der Waals surface area (Å²) in [5, 5.41) is 20.8. The van der Waals surface area contributed by atoms with Gasteiger partial charge in [0, 0.05) is 36.7 Å². The highest BCUT2D eigenvalue weighted by Crippen LogP contribution is 2.37. The maximum absolute atomic E-state index is 12.8. The molecule has 3 amide bonds. The Morgan fingerprint density at radius 1 is 1.18 bits per heavy atom. The van der Waals surface area contributed by atoms with E-state index < -0.39 is 16.4 Å². The van der Waals surface area contributed by atoms with E-state index in [4.69, 9.17) is 6.42 Å². The zero-order valence-electron chi connectivity index (χ0n) is 22.4. The van der Waals surface area contributed by atoms with Gasteiger partial charge < -0.3 is 25.8 Å². The van der Waals surface area contributed by atoms with E-state index in [2.05, 4.69) is 38.9 Å². The van der Waals surface area contributed by atoms with Gasteiger partial charge in [0.05, 0.1) is 23.9 Å². The van der Waals surface area contributed by atoms with Crippen LogP contribution in [0.4, 0.5) is 17.1 Å². The molecule has 2 heterocycles. The van der Waals surface area contributed by atoms with Crippen LogP contribution < -0.4 is 20.9 Å². The molecule has 3 N–H and O–H groups in total. The lowest BCUT2D eigenvalue weighted by Gasteiger charge is -2.30. The summed E-state index contributed by atoms with van der Waals surface area (Å²) < 4.78 is 0. The summed E-state index contributed by atoms with van der Waals surface area (Å²) >= 11 is 0. The Morgan fingerprint density at radius 2 is 1.98 bits per heavy atom. The van der Waals surface area contributed by atoms with E-state index in [-0.39, 0.29) is 36.2 Å². The van der Waals surface area contributed by atoms with Crippen molar-refractivity contribution in [3.05, 3.63) is 64.7 Å². The number of hydrogen-bond donors (Lipinski definition) is 3. The zero-order chi connectivity index (χ0) is 28.5. The summed E-state index contributed by atoms with van der Waals surface area (Å²) in [6, 6.07) is 17.6. The third kappa shape index (κ3) is 6.71. The number of fused-ring (bicyclic) bond motifs is 1. The number of nitriles is 1. The van der Waals surface area contributed by atoms with Gasteiger partial charge in [-0.05, 0) is 55.0 Å². The van der Waals surface area contributed by atoms with Crippen LogP contribution in [0.25, 0.3) is 0 Å². The van der Waals surface area contributed by atoms with Crippen LogP contribution in [0.1, 0.15) is 18.9 Å². The number of para-hydroxylation sites is 1. The first-order valence-electron chi connectivity index (χ1n) is 13.1. The average molecular weight is 557 g/mol. The fraction of sp³-hybridized carbons (Fsp3) is 0.300. The lowest BCUT2D eigenvalue weighted by atomic mass is 10.0. The van der Waals surface area contributed by atoms with Crippen molar-refractivity contribution in [1.82, 2.24) is 10.2 Å². The van der Waals surface area contributed by atoms with E-state index in [0.29, 0.717) is 23.8 Å². The number of carbonyl (C=O) groups is 3. The largest absolute Gasteiger partial charge is 0.381 e. The maximum Gasteiger partial charge on any atom is 0.265 e. The highest BCUT2D eigenvalue weighted by molar-refractivity contribution is 8.19. The number of terminal acetylenes is 1. The number of nitrogens with zero attached hydrogens (tertiary/aromatic N) is 3. The van der Waals surface area contributed by atoms with Crippen molar-refractivity contribution in [3.8, 4) is 18.4 Å². The second-order valence-electron chi connectivity index (χ2n) is 9.22. The molecule has 0 aliphatic carbocycles. The molecule has 0 bridgehead atoms. The maximum atomic E-state index is 12.8. The molecule has 1 atom stereocenters. The quantitative estimate of drug-likeness (QED) is 0.189. The Hall–Kier alpha value is -4.54. The molecule has 0 aromatic heterocycles. The summed E-state index contributed by atoms with van der Waals surface area (Å²) in [4.78, 5) is 41.6. The smallest absolute Gasteiger partial charge is 0.265 e. The predicted molar refractivity (Wildman–Crippen MR) is 161 cm³/mol. The Bertz CT molecular complexity index is 1450. The number of carbonyl (C=O) groups excluding carboxylic acids is 3. The lowest BCUT2D eigenvalue weighted by molar-refractivity contribution is -0.125. The highest BCUT2D eigenvalue weighted by atomic mass is 32.2. The van der Waals surface area contributed by atoms with Crippen LogP contribution in [0.5, 0.6) is 0 Å². The van der Waals surface area contributed by atoms with E-state index >= 15 is 0 Å². The molecule has 1 fully saturated rings. The van der Waals surface area contributed by atoms with E-state index in [9.17, 15) is 19.6 Å². The summed E-state index contributed by atoms with van der Waals surface area (Å²) in [5.41, 5.74) is 3.75. The van der Waals surface area contributed by atoms with Gasteiger partial charge in [-0.1, -0.05) is 30.2 Å². The van der Waals surface area contributed by atoms with Gasteiger partial charge in [-0.15, -0.1) is 16.9 Å². The Kier molecular flexibility index (Phi) is 9.61. The van der Waals surface area contributed by atoms with Crippen molar-refractivity contribution in [3.63, 3.8) is 0 Å². The van der Waals surface area contributed by atoms with Gasteiger partial charge in [-0.3, -0.25) is 14.4 Å².